The van der Waals surface area contributed by atoms with Crippen molar-refractivity contribution in [2.24, 2.45) is 15.9 Å². The van der Waals surface area contributed by atoms with E-state index in [0.29, 0.717) is 29.0 Å². The molecule has 56 heavy (non-hydrogen) atoms. The van der Waals surface area contributed by atoms with E-state index in [9.17, 15) is 39.9 Å². The fourth-order valence-corrected chi connectivity index (χ4v) is 8.15. The number of amidine groups is 1. The van der Waals surface area contributed by atoms with Gasteiger partial charge in [0.15, 0.2) is 29.7 Å². The van der Waals surface area contributed by atoms with Gasteiger partial charge in [0.05, 0.1) is 25.4 Å². The molecule has 8 rings (SSSR count). The minimum Gasteiger partial charge on any atom is -0.486 e. The molecule has 0 spiro atoms. The summed E-state index contributed by atoms with van der Waals surface area (Å²) in [5, 5.41) is 63.7. The standard InChI is InChI=1S/C39H39N5O12/c40-39-42-36-28(37(52)43-39)41-17-44(36)24-10-4-3-9-21(24)26-18(6-5-11-45)15-53-16-25-31(49)32(50)33(51)38(55-25)56-34-23(26)14-22-27(35(34)54-13-12-46)30(48)20-8-2-1-7-19(20)29(22)47/h1-4,7-10,14,18,25-26,31-33,38,45-46,49-51H,5-6,11-13,15-17H2,(H2,40,43,52)/p+1/t18-,25-,26-,31-,32+,33-,38+/m0/s1. The number of nitrogens with one attached hydrogen (secondary N) is 3. The number of rotatable bonds is 8. The van der Waals surface area contributed by atoms with E-state index in [1.807, 2.05) is 12.1 Å². The smallest absolute Gasteiger partial charge is 0.284 e. The second kappa shape index (κ2) is 15.4. The highest BCUT2D eigenvalue weighted by atomic mass is 16.7. The van der Waals surface area contributed by atoms with Gasteiger partial charge >= 0.3 is 0 Å². The lowest BCUT2D eigenvalue weighted by Crippen LogP contribution is -3.09. The summed E-state index contributed by atoms with van der Waals surface area (Å²) in [5.74, 6) is -3.43. The van der Waals surface area contributed by atoms with Crippen molar-refractivity contribution in [3.05, 3.63) is 88.0 Å². The number of ether oxygens (including phenoxy) is 4. The number of hydrogen-bond donors (Lipinski definition) is 8. The van der Waals surface area contributed by atoms with Crippen molar-refractivity contribution in [2.75, 3.05) is 39.7 Å². The van der Waals surface area contributed by atoms with E-state index in [1.165, 1.54) is 6.07 Å². The van der Waals surface area contributed by atoms with Crippen molar-refractivity contribution in [1.29, 1.82) is 5.41 Å². The molecule has 8 N–H and O–H groups in total. The number of aliphatic imine (C=N–C) groups is 2. The fourth-order valence-electron chi connectivity index (χ4n) is 8.15. The minimum atomic E-state index is -1.80. The number of aliphatic hydroxyl groups excluding tert-OH is 5. The van der Waals surface area contributed by atoms with Crippen molar-refractivity contribution >= 4 is 40.7 Å². The summed E-state index contributed by atoms with van der Waals surface area (Å²) in [6.45, 7) is -1.20. The number of amides is 1. The van der Waals surface area contributed by atoms with Crippen molar-refractivity contribution in [1.82, 2.24) is 5.32 Å². The van der Waals surface area contributed by atoms with Gasteiger partial charge in [-0.1, -0.05) is 42.5 Å². The molecule has 0 aromatic heterocycles. The molecule has 4 heterocycles. The topological polar surface area (TPSA) is 254 Å². The number of hydrogen-bond acceptors (Lipinski definition) is 14. The van der Waals surface area contributed by atoms with Gasteiger partial charge in [0, 0.05) is 40.3 Å². The van der Waals surface area contributed by atoms with Crippen LogP contribution in [-0.2, 0) is 14.3 Å². The molecule has 4 aliphatic heterocycles. The Bertz CT molecular complexity index is 2170. The number of carbonyl (C=O) groups is 3. The van der Waals surface area contributed by atoms with Crippen LogP contribution >= 0.6 is 0 Å². The zero-order valence-electron chi connectivity index (χ0n) is 29.9. The van der Waals surface area contributed by atoms with Gasteiger partial charge in [-0.25, -0.2) is 9.89 Å². The number of guanidine groups is 1. The zero-order chi connectivity index (χ0) is 39.2. The zero-order valence-corrected chi connectivity index (χ0v) is 29.9. The minimum absolute atomic E-state index is 0.0115. The first kappa shape index (κ1) is 37.7. The maximum atomic E-state index is 14.4. The van der Waals surface area contributed by atoms with Crippen LogP contribution in [0.1, 0.15) is 61.7 Å². The molecule has 1 amide bonds. The molecule has 17 nitrogen and oxygen atoms in total. The van der Waals surface area contributed by atoms with Crippen LogP contribution in [0.25, 0.3) is 0 Å². The second-order valence-corrected chi connectivity index (χ2v) is 14.1. The summed E-state index contributed by atoms with van der Waals surface area (Å²) < 4.78 is 24.9. The third-order valence-electron chi connectivity index (χ3n) is 10.7. The summed E-state index contributed by atoms with van der Waals surface area (Å²) in [4.78, 5) is 51.0. The van der Waals surface area contributed by atoms with Gasteiger partial charge in [0.25, 0.3) is 11.7 Å². The van der Waals surface area contributed by atoms with Crippen LogP contribution in [0.3, 0.4) is 0 Å². The van der Waals surface area contributed by atoms with E-state index < -0.39 is 66.6 Å². The van der Waals surface area contributed by atoms with Gasteiger partial charge in [0.2, 0.25) is 18.0 Å². The van der Waals surface area contributed by atoms with Crippen molar-refractivity contribution in [3.8, 4) is 11.5 Å². The van der Waals surface area contributed by atoms with E-state index >= 15 is 0 Å². The highest BCUT2D eigenvalue weighted by molar-refractivity contribution is 6.68. The largest absolute Gasteiger partial charge is 0.486 e. The third kappa shape index (κ3) is 6.41. The van der Waals surface area contributed by atoms with E-state index in [4.69, 9.17) is 24.4 Å². The molecule has 1 fully saturated rings. The number of fused-ring (bicyclic) bond motifs is 6. The van der Waals surface area contributed by atoms with Gasteiger partial charge in [-0.15, -0.1) is 0 Å². The molecule has 1 aliphatic carbocycles. The summed E-state index contributed by atoms with van der Waals surface area (Å²) in [6.07, 6.45) is -7.28. The first-order chi connectivity index (χ1) is 27.1. The Morgan fingerprint density at radius 1 is 0.893 bits per heavy atom. The molecular weight excluding hydrogens is 730 g/mol. The summed E-state index contributed by atoms with van der Waals surface area (Å²) in [5.41, 5.74) is 1.70. The Labute approximate surface area is 319 Å². The van der Waals surface area contributed by atoms with Gasteiger partial charge in [-0.05, 0) is 30.9 Å². The van der Waals surface area contributed by atoms with Crippen molar-refractivity contribution in [3.63, 3.8) is 0 Å². The third-order valence-corrected chi connectivity index (χ3v) is 10.7. The lowest BCUT2D eigenvalue weighted by Gasteiger charge is -2.40. The summed E-state index contributed by atoms with van der Waals surface area (Å²) in [6, 6.07) is 15.1. The Morgan fingerprint density at radius 3 is 2.41 bits per heavy atom. The predicted molar refractivity (Wildman–Crippen MR) is 195 cm³/mol. The highest BCUT2D eigenvalue weighted by Crippen LogP contribution is 2.50. The number of benzene rings is 3. The summed E-state index contributed by atoms with van der Waals surface area (Å²) >= 11 is 0. The van der Waals surface area contributed by atoms with Crippen LogP contribution in [0.5, 0.6) is 11.5 Å². The first-order valence-corrected chi connectivity index (χ1v) is 18.3. The van der Waals surface area contributed by atoms with Gasteiger partial charge in [0.1, 0.15) is 36.7 Å². The number of aliphatic hydroxyl groups is 5. The molecule has 8 atom stereocenters. The Hall–Kier alpha value is -5.24. The Balaban J connectivity index is 1.41. The predicted octanol–water partition coefficient (Wildman–Crippen LogP) is -1.04. The second-order valence-electron chi connectivity index (χ2n) is 14.1. The van der Waals surface area contributed by atoms with Gasteiger partial charge in [-0.3, -0.25) is 25.1 Å². The molecular formula is C39H40N5O12+. The SMILES string of the molecule is N=C1N=C2C(=NC[NH+]2c2ccccc2[C@H]2c3cc4c(c(OCCO)c3O[C@H]3O[C@@H](COC[C@@H]2CCCO)[C@H](O)[C@@H](O)[C@@H]3O)C(=O)c2ccccc2C4=O)C(=O)N1. The highest BCUT2D eigenvalue weighted by Gasteiger charge is 2.48. The monoisotopic (exact) mass is 770 g/mol. The van der Waals surface area contributed by atoms with E-state index in [1.54, 1.807) is 36.4 Å². The number of carbonyl (C=O) groups excluding carboxylic acids is 3. The van der Waals surface area contributed by atoms with Crippen LogP contribution in [0.2, 0.25) is 0 Å². The summed E-state index contributed by atoms with van der Waals surface area (Å²) in [7, 11) is 0. The van der Waals surface area contributed by atoms with Gasteiger partial charge < -0.3 is 44.5 Å². The van der Waals surface area contributed by atoms with Crippen LogP contribution in [0.15, 0.2) is 64.6 Å². The molecule has 2 bridgehead atoms. The Kier molecular flexibility index (Phi) is 10.3. The number of nitrogens with zero attached hydrogens (tertiary/aromatic N) is 2. The molecule has 5 aliphatic rings. The van der Waals surface area contributed by atoms with E-state index in [-0.39, 0.29) is 89.9 Å². The quantitative estimate of drug-likeness (QED) is 0.107. The molecule has 292 valence electrons. The van der Waals surface area contributed by atoms with Crippen molar-refractivity contribution < 1.29 is 63.8 Å². The lowest BCUT2D eigenvalue weighted by atomic mass is 9.74. The van der Waals surface area contributed by atoms with Crippen LogP contribution in [-0.4, -0.2) is 131 Å². The van der Waals surface area contributed by atoms with Crippen LogP contribution in [0.4, 0.5) is 5.69 Å². The maximum absolute atomic E-state index is 14.4. The molecule has 17 heteroatoms. The van der Waals surface area contributed by atoms with E-state index in [2.05, 4.69) is 15.3 Å². The van der Waals surface area contributed by atoms with Crippen LogP contribution in [0, 0.1) is 11.3 Å². The number of para-hydroxylation sites is 1. The normalized spacial score (nSPS) is 28.4. The Morgan fingerprint density at radius 2 is 1.64 bits per heavy atom. The first-order valence-electron chi connectivity index (χ1n) is 18.3. The molecule has 3 aromatic carbocycles. The van der Waals surface area contributed by atoms with Gasteiger partial charge in [-0.2, -0.15) is 4.99 Å². The van der Waals surface area contributed by atoms with Crippen LogP contribution < -0.4 is 19.7 Å². The van der Waals surface area contributed by atoms with E-state index in [0.717, 1.165) is 0 Å². The molecule has 3 aromatic rings. The number of quaternary nitrogens is 1. The molecule has 1 saturated heterocycles. The lowest BCUT2D eigenvalue weighted by molar-refractivity contribution is -0.723. The fraction of sp³-hybridized carbons (Fsp3) is 0.385. The molecule has 0 radical (unpaired) electrons. The maximum Gasteiger partial charge on any atom is 0.284 e. The molecule has 1 unspecified atom stereocenters. The average Bonchev–Trinajstić information content (AvgIpc) is 3.62. The average molecular weight is 771 g/mol. The van der Waals surface area contributed by atoms with Crippen molar-refractivity contribution in [2.45, 2.75) is 49.5 Å². The number of ketones is 2. The molecule has 0 saturated carbocycles.